The standard InChI is InChI=1S/C8H17N.2C7H16N2.C7H15NS.4C2H6/c1-8(2)9-6-4-3-5-7-9;2*1-7(2)9-5-3-8-4-6-9;1-7(2)8-3-5-9-6-4-8;4*1-2/h8H,3-7H2,1-2H3;2*7-8H,3-6H2,1-2H3;7H,3-6H2,1-2H3;4*1-2H3. The molecule has 0 unspecified atom stereocenters. The van der Waals surface area contributed by atoms with Gasteiger partial charge in [-0.2, -0.15) is 11.8 Å². The molecule has 4 heterocycles. The van der Waals surface area contributed by atoms with E-state index in [9.17, 15) is 0 Å². The van der Waals surface area contributed by atoms with Gasteiger partial charge in [-0.3, -0.25) is 14.7 Å². The van der Waals surface area contributed by atoms with E-state index in [0.29, 0.717) is 0 Å². The Balaban J connectivity index is -0.000000225. The third-order valence-electron chi connectivity index (χ3n) is 7.66. The van der Waals surface area contributed by atoms with Crippen molar-refractivity contribution in [2.45, 2.75) is 154 Å². The summed E-state index contributed by atoms with van der Waals surface area (Å²) in [6, 6.07) is 2.98. The van der Waals surface area contributed by atoms with Crippen molar-refractivity contribution in [3.05, 3.63) is 0 Å². The zero-order valence-electron chi connectivity index (χ0n) is 33.5. The molecule has 7 heteroatoms. The van der Waals surface area contributed by atoms with Crippen molar-refractivity contribution in [3.8, 4) is 0 Å². The molecule has 44 heavy (non-hydrogen) atoms. The fourth-order valence-corrected chi connectivity index (χ4v) is 5.86. The number of piperazine rings is 2. The Hall–Kier alpha value is 0.110. The smallest absolute Gasteiger partial charge is 0.0110 e. The summed E-state index contributed by atoms with van der Waals surface area (Å²) in [5.74, 6) is 2.66. The van der Waals surface area contributed by atoms with Crippen molar-refractivity contribution >= 4 is 11.8 Å². The fourth-order valence-electron chi connectivity index (χ4n) is 4.93. The van der Waals surface area contributed by atoms with E-state index in [1.807, 2.05) is 55.4 Å². The third-order valence-corrected chi connectivity index (χ3v) is 8.60. The molecule has 4 rings (SSSR count). The van der Waals surface area contributed by atoms with E-state index in [1.54, 1.807) is 0 Å². The van der Waals surface area contributed by atoms with Gasteiger partial charge in [0.25, 0.3) is 0 Å². The Morgan fingerprint density at radius 3 is 0.818 bits per heavy atom. The SMILES string of the molecule is CC.CC.CC.CC.CC(C)N1CCCCC1.CC(C)N1CCNCC1.CC(C)N1CCNCC1.CC(C)N1CCSCC1. The van der Waals surface area contributed by atoms with Crippen molar-refractivity contribution < 1.29 is 0 Å². The summed E-state index contributed by atoms with van der Waals surface area (Å²) in [5.41, 5.74) is 0. The van der Waals surface area contributed by atoms with Gasteiger partial charge in [-0.05, 0) is 81.3 Å². The van der Waals surface area contributed by atoms with Crippen molar-refractivity contribution in [3.63, 3.8) is 0 Å². The first kappa shape index (κ1) is 51.0. The maximum atomic E-state index is 3.33. The van der Waals surface area contributed by atoms with Crippen LogP contribution in [0.15, 0.2) is 0 Å². The lowest BCUT2D eigenvalue weighted by Gasteiger charge is -2.30. The molecule has 0 amide bonds. The van der Waals surface area contributed by atoms with Gasteiger partial charge in [0, 0.05) is 101 Å². The molecule has 0 saturated carbocycles. The van der Waals surface area contributed by atoms with Crippen LogP contribution in [-0.2, 0) is 0 Å². The maximum absolute atomic E-state index is 3.33. The summed E-state index contributed by atoms with van der Waals surface area (Å²) < 4.78 is 0. The summed E-state index contributed by atoms with van der Waals surface area (Å²) in [5, 5.41) is 6.66. The number of hydrogen-bond donors (Lipinski definition) is 2. The van der Waals surface area contributed by atoms with Crippen molar-refractivity contribution in [1.82, 2.24) is 30.2 Å². The molecule has 4 saturated heterocycles. The van der Waals surface area contributed by atoms with Crippen LogP contribution in [-0.4, -0.2) is 134 Å². The molecule has 2 N–H and O–H groups in total. The van der Waals surface area contributed by atoms with Gasteiger partial charge in [0.2, 0.25) is 0 Å². The van der Waals surface area contributed by atoms with Crippen molar-refractivity contribution in [2.75, 3.05) is 90.0 Å². The van der Waals surface area contributed by atoms with Crippen molar-refractivity contribution in [2.24, 2.45) is 0 Å². The monoisotopic (exact) mass is 649 g/mol. The van der Waals surface area contributed by atoms with E-state index >= 15 is 0 Å². The predicted molar refractivity (Wildman–Crippen MR) is 209 cm³/mol. The topological polar surface area (TPSA) is 37.0 Å². The summed E-state index contributed by atoms with van der Waals surface area (Å²) in [6.45, 7) is 48.9. The first-order valence-electron chi connectivity index (χ1n) is 19.2. The van der Waals surface area contributed by atoms with Crippen LogP contribution < -0.4 is 10.6 Å². The van der Waals surface area contributed by atoms with Crippen LogP contribution in [0.1, 0.15) is 130 Å². The average Bonchev–Trinajstić information content (AvgIpc) is 3.11. The summed E-state index contributed by atoms with van der Waals surface area (Å²) in [7, 11) is 0. The molecule has 0 radical (unpaired) electrons. The molecule has 0 atom stereocenters. The summed E-state index contributed by atoms with van der Waals surface area (Å²) in [4.78, 5) is 10.1. The summed E-state index contributed by atoms with van der Waals surface area (Å²) >= 11 is 2.07. The summed E-state index contributed by atoms with van der Waals surface area (Å²) in [6.07, 6.45) is 4.28. The van der Waals surface area contributed by atoms with Crippen LogP contribution in [0.4, 0.5) is 0 Å². The highest BCUT2D eigenvalue weighted by Crippen LogP contribution is 2.11. The molecule has 0 aromatic carbocycles. The van der Waals surface area contributed by atoms with Crippen LogP contribution in [0.25, 0.3) is 0 Å². The molecule has 6 nitrogen and oxygen atoms in total. The second-order valence-electron chi connectivity index (χ2n) is 11.7. The molecule has 0 aromatic rings. The first-order valence-corrected chi connectivity index (χ1v) is 20.3. The molecule has 272 valence electrons. The largest absolute Gasteiger partial charge is 0.314 e. The number of nitrogens with zero attached hydrogens (tertiary/aromatic N) is 4. The zero-order chi connectivity index (χ0) is 34.8. The van der Waals surface area contributed by atoms with Gasteiger partial charge in [0.15, 0.2) is 0 Å². The molecule has 0 aliphatic carbocycles. The highest BCUT2D eigenvalue weighted by molar-refractivity contribution is 7.99. The Bertz CT molecular complexity index is 392. The van der Waals surface area contributed by atoms with E-state index in [0.717, 1.165) is 50.3 Å². The average molecular weight is 649 g/mol. The van der Waals surface area contributed by atoms with Gasteiger partial charge in [-0.25, -0.2) is 0 Å². The van der Waals surface area contributed by atoms with E-state index < -0.39 is 0 Å². The third kappa shape index (κ3) is 30.7. The zero-order valence-corrected chi connectivity index (χ0v) is 34.3. The van der Waals surface area contributed by atoms with Gasteiger partial charge in [-0.15, -0.1) is 0 Å². The van der Waals surface area contributed by atoms with E-state index in [-0.39, 0.29) is 0 Å². The predicted octanol–water partition coefficient (Wildman–Crippen LogP) is 8.03. The van der Waals surface area contributed by atoms with Crippen LogP contribution in [0, 0.1) is 0 Å². The Morgan fingerprint density at radius 2 is 0.614 bits per heavy atom. The lowest BCUT2D eigenvalue weighted by Crippen LogP contribution is -2.46. The molecule has 0 aromatic heterocycles. The van der Waals surface area contributed by atoms with E-state index in [2.05, 4.69) is 97.4 Å². The normalized spacial score (nSPS) is 19.4. The maximum Gasteiger partial charge on any atom is 0.0110 e. The number of thioether (sulfide) groups is 1. The number of piperidine rings is 1. The molecule has 4 aliphatic rings. The van der Waals surface area contributed by atoms with Gasteiger partial charge >= 0.3 is 0 Å². The molecule has 0 bridgehead atoms. The number of hydrogen-bond acceptors (Lipinski definition) is 7. The minimum Gasteiger partial charge on any atom is -0.314 e. The van der Waals surface area contributed by atoms with Crippen LogP contribution in [0.2, 0.25) is 0 Å². The van der Waals surface area contributed by atoms with Gasteiger partial charge in [-0.1, -0.05) is 61.8 Å². The molecule has 0 spiro atoms. The molecule has 4 fully saturated rings. The Morgan fingerprint density at radius 1 is 0.364 bits per heavy atom. The second-order valence-corrected chi connectivity index (χ2v) is 12.9. The van der Waals surface area contributed by atoms with Crippen LogP contribution in [0.5, 0.6) is 0 Å². The molecular weight excluding hydrogens is 561 g/mol. The highest BCUT2D eigenvalue weighted by atomic mass is 32.2. The highest BCUT2D eigenvalue weighted by Gasteiger charge is 2.13. The van der Waals surface area contributed by atoms with Gasteiger partial charge in [0.05, 0.1) is 0 Å². The minimum atomic E-state index is 0.729. The Labute approximate surface area is 285 Å². The second kappa shape index (κ2) is 39.3. The minimum absolute atomic E-state index is 0.729. The molecular formula is C37H88N6S. The van der Waals surface area contributed by atoms with Crippen LogP contribution in [0.3, 0.4) is 0 Å². The quantitative estimate of drug-likeness (QED) is 0.320. The van der Waals surface area contributed by atoms with Crippen LogP contribution >= 0.6 is 11.8 Å². The molecule has 4 aliphatic heterocycles. The Kier molecular flexibility index (Phi) is 45.5. The number of rotatable bonds is 4. The fraction of sp³-hybridized carbons (Fsp3) is 1.00. The number of nitrogens with one attached hydrogen (secondary N) is 2. The van der Waals surface area contributed by atoms with Gasteiger partial charge in [0.1, 0.15) is 0 Å². The lowest BCUT2D eigenvalue weighted by molar-refractivity contribution is 0.185. The first-order chi connectivity index (χ1) is 21.2. The van der Waals surface area contributed by atoms with E-state index in [4.69, 9.17) is 0 Å². The number of likely N-dealkylation sites (tertiary alicyclic amines) is 1. The van der Waals surface area contributed by atoms with Crippen molar-refractivity contribution in [1.29, 1.82) is 0 Å². The lowest BCUT2D eigenvalue weighted by atomic mass is 10.1. The van der Waals surface area contributed by atoms with E-state index in [1.165, 1.54) is 83.1 Å². The van der Waals surface area contributed by atoms with Gasteiger partial charge < -0.3 is 15.5 Å².